The summed E-state index contributed by atoms with van der Waals surface area (Å²) in [5, 5.41) is 4.76. The van der Waals surface area contributed by atoms with Gasteiger partial charge in [-0.15, -0.1) is 34.0 Å². The van der Waals surface area contributed by atoms with Crippen molar-refractivity contribution in [1.29, 1.82) is 0 Å². The molecule has 0 radical (unpaired) electrons. The maximum Gasteiger partial charge on any atom is 0.0731 e. The van der Waals surface area contributed by atoms with Gasteiger partial charge in [0.25, 0.3) is 0 Å². The van der Waals surface area contributed by atoms with E-state index >= 15 is 0 Å². The van der Waals surface area contributed by atoms with E-state index in [-0.39, 0.29) is 34.0 Å². The molecule has 0 amide bonds. The number of rotatable bonds is 7. The summed E-state index contributed by atoms with van der Waals surface area (Å²) in [5.74, 6) is 0. The molecule has 0 aliphatic rings. The number of benzene rings is 1. The van der Waals surface area contributed by atoms with Crippen molar-refractivity contribution in [2.45, 2.75) is 13.8 Å². The zero-order chi connectivity index (χ0) is 16.8. The average Bonchev–Trinajstić information content (AvgIpc) is 2.65. The van der Waals surface area contributed by atoms with Crippen LogP contribution in [0.25, 0.3) is 22.2 Å². The fourth-order valence-electron chi connectivity index (χ4n) is 2.88. The van der Waals surface area contributed by atoms with Crippen LogP contribution in [0.3, 0.4) is 0 Å². The number of hydrogen-bond acceptors (Lipinski definition) is 4. The summed E-state index contributed by atoms with van der Waals surface area (Å²) in [6, 6.07) is 14.4. The van der Waals surface area contributed by atoms with E-state index in [1.807, 2.05) is 18.2 Å². The molecule has 0 spiro atoms. The number of anilines is 1. The lowest BCUT2D eigenvalue weighted by Gasteiger charge is -2.19. The number of nitrogens with one attached hydrogen (secondary N) is 1. The highest BCUT2D eigenvalue weighted by molar-refractivity contribution is 8.93. The van der Waals surface area contributed by atoms with E-state index < -0.39 is 0 Å². The van der Waals surface area contributed by atoms with Crippen LogP contribution in [0.15, 0.2) is 54.9 Å². The molecule has 3 rings (SSSR count). The number of fused-ring (bicyclic) bond motifs is 1. The van der Waals surface area contributed by atoms with Crippen LogP contribution in [0.1, 0.15) is 13.8 Å². The summed E-state index contributed by atoms with van der Waals surface area (Å²) in [4.78, 5) is 11.3. The van der Waals surface area contributed by atoms with Gasteiger partial charge in [0.15, 0.2) is 0 Å². The van der Waals surface area contributed by atoms with Crippen LogP contribution in [0, 0.1) is 0 Å². The second kappa shape index (κ2) is 11.3. The molecule has 140 valence electrons. The molecule has 1 aromatic carbocycles. The zero-order valence-corrected chi connectivity index (χ0v) is 18.6. The van der Waals surface area contributed by atoms with E-state index in [0.29, 0.717) is 0 Å². The minimum Gasteiger partial charge on any atom is -0.383 e. The molecule has 3 aromatic rings. The average molecular weight is 482 g/mol. The fraction of sp³-hybridized carbons (Fsp3) is 0.300. The lowest BCUT2D eigenvalue weighted by atomic mass is 10.1. The second-order valence-corrected chi connectivity index (χ2v) is 5.76. The van der Waals surface area contributed by atoms with Crippen molar-refractivity contribution in [2.75, 3.05) is 31.5 Å². The van der Waals surface area contributed by atoms with Crippen LogP contribution in [0.5, 0.6) is 0 Å². The summed E-state index contributed by atoms with van der Waals surface area (Å²) >= 11 is 0. The standard InChI is InChI=1S/C20H24N4.2BrH/c1-3-24(4-2)14-13-22-20-15-19(16-9-11-21-12-10-16)23-18-8-6-5-7-17(18)20;;/h5-12,15H,3-4,13-14H2,1-2H3,(H,22,23);2*1H. The summed E-state index contributed by atoms with van der Waals surface area (Å²) < 4.78 is 0. The highest BCUT2D eigenvalue weighted by Crippen LogP contribution is 2.27. The third kappa shape index (κ3) is 5.50. The molecule has 1 N–H and O–H groups in total. The number of pyridine rings is 2. The highest BCUT2D eigenvalue weighted by atomic mass is 79.9. The van der Waals surface area contributed by atoms with E-state index in [1.54, 1.807) is 12.4 Å². The van der Waals surface area contributed by atoms with Crippen LogP contribution in [0.2, 0.25) is 0 Å². The molecule has 4 nitrogen and oxygen atoms in total. The van der Waals surface area contributed by atoms with Crippen molar-refractivity contribution in [2.24, 2.45) is 0 Å². The van der Waals surface area contributed by atoms with Gasteiger partial charge in [-0.1, -0.05) is 32.0 Å². The molecule has 0 unspecified atom stereocenters. The van der Waals surface area contributed by atoms with Gasteiger partial charge < -0.3 is 10.2 Å². The second-order valence-electron chi connectivity index (χ2n) is 5.76. The van der Waals surface area contributed by atoms with E-state index in [4.69, 9.17) is 4.98 Å². The Morgan fingerprint density at radius 3 is 2.35 bits per heavy atom. The van der Waals surface area contributed by atoms with Crippen molar-refractivity contribution in [3.63, 3.8) is 0 Å². The van der Waals surface area contributed by atoms with Gasteiger partial charge in [-0.2, -0.15) is 0 Å². The zero-order valence-electron chi connectivity index (χ0n) is 15.2. The minimum atomic E-state index is 0. The van der Waals surface area contributed by atoms with Gasteiger partial charge in [0.2, 0.25) is 0 Å². The molecule has 0 fully saturated rings. The molecule has 2 aromatic heterocycles. The first-order chi connectivity index (χ1) is 11.8. The smallest absolute Gasteiger partial charge is 0.0731 e. The summed E-state index contributed by atoms with van der Waals surface area (Å²) in [7, 11) is 0. The Balaban J connectivity index is 0.00000169. The van der Waals surface area contributed by atoms with Crippen molar-refractivity contribution in [1.82, 2.24) is 14.9 Å². The largest absolute Gasteiger partial charge is 0.383 e. The SMILES string of the molecule is Br.Br.CCN(CC)CCNc1cc(-c2ccncc2)nc2ccccc12. The molecule has 0 aliphatic carbocycles. The van der Waals surface area contributed by atoms with E-state index in [1.165, 1.54) is 0 Å². The van der Waals surface area contributed by atoms with Crippen molar-refractivity contribution in [3.05, 3.63) is 54.9 Å². The van der Waals surface area contributed by atoms with E-state index in [9.17, 15) is 0 Å². The maximum absolute atomic E-state index is 4.80. The Labute approximate surface area is 176 Å². The minimum absolute atomic E-state index is 0. The molecule has 0 saturated heterocycles. The third-order valence-electron chi connectivity index (χ3n) is 4.33. The number of hydrogen-bond donors (Lipinski definition) is 1. The van der Waals surface area contributed by atoms with E-state index in [2.05, 4.69) is 53.3 Å². The predicted molar refractivity (Wildman–Crippen MR) is 122 cm³/mol. The fourth-order valence-corrected chi connectivity index (χ4v) is 2.88. The van der Waals surface area contributed by atoms with Crippen molar-refractivity contribution < 1.29 is 0 Å². The van der Waals surface area contributed by atoms with Crippen molar-refractivity contribution in [3.8, 4) is 11.3 Å². The first-order valence-corrected chi connectivity index (χ1v) is 8.58. The topological polar surface area (TPSA) is 41.0 Å². The van der Waals surface area contributed by atoms with Gasteiger partial charge in [0.05, 0.1) is 11.2 Å². The summed E-state index contributed by atoms with van der Waals surface area (Å²) in [5.41, 5.74) is 4.21. The molecule has 0 saturated carbocycles. The molecule has 6 heteroatoms. The number of aromatic nitrogens is 2. The third-order valence-corrected chi connectivity index (χ3v) is 4.33. The highest BCUT2D eigenvalue weighted by Gasteiger charge is 2.07. The summed E-state index contributed by atoms with van der Waals surface area (Å²) in [6.07, 6.45) is 3.61. The quantitative estimate of drug-likeness (QED) is 0.503. The van der Waals surface area contributed by atoms with Gasteiger partial charge >= 0.3 is 0 Å². The molecule has 0 atom stereocenters. The Morgan fingerprint density at radius 2 is 1.65 bits per heavy atom. The number of nitrogens with zero attached hydrogens (tertiary/aromatic N) is 3. The normalized spacial score (nSPS) is 10.3. The van der Waals surface area contributed by atoms with Gasteiger partial charge in [-0.3, -0.25) is 4.98 Å². The van der Waals surface area contributed by atoms with Crippen LogP contribution in [0.4, 0.5) is 5.69 Å². The first-order valence-electron chi connectivity index (χ1n) is 8.58. The van der Waals surface area contributed by atoms with Gasteiger partial charge in [0, 0.05) is 42.1 Å². The summed E-state index contributed by atoms with van der Waals surface area (Å²) in [6.45, 7) is 8.52. The Kier molecular flexibility index (Phi) is 9.76. The number of para-hydroxylation sites is 1. The van der Waals surface area contributed by atoms with Crippen LogP contribution in [-0.2, 0) is 0 Å². The van der Waals surface area contributed by atoms with Gasteiger partial charge in [-0.05, 0) is 37.4 Å². The molecular formula is C20H26Br2N4. The van der Waals surface area contributed by atoms with E-state index in [0.717, 1.165) is 54.0 Å². The monoisotopic (exact) mass is 480 g/mol. The lowest BCUT2D eigenvalue weighted by molar-refractivity contribution is 0.316. The molecule has 0 aliphatic heterocycles. The first kappa shape index (κ1) is 22.5. The molecule has 26 heavy (non-hydrogen) atoms. The van der Waals surface area contributed by atoms with Gasteiger partial charge in [0.1, 0.15) is 0 Å². The maximum atomic E-state index is 4.80. The molecule has 0 bridgehead atoms. The Hall–Kier alpha value is -1.50. The molecular weight excluding hydrogens is 456 g/mol. The van der Waals surface area contributed by atoms with Crippen LogP contribution >= 0.6 is 34.0 Å². The van der Waals surface area contributed by atoms with Crippen LogP contribution in [-0.4, -0.2) is 41.0 Å². The Bertz CT molecular complexity index is 792. The van der Waals surface area contributed by atoms with Gasteiger partial charge in [-0.25, -0.2) is 4.98 Å². The predicted octanol–water partition coefficient (Wildman–Crippen LogP) is 5.21. The number of halogens is 2. The lowest BCUT2D eigenvalue weighted by Crippen LogP contribution is -2.28. The molecule has 2 heterocycles. The Morgan fingerprint density at radius 1 is 0.962 bits per heavy atom. The van der Waals surface area contributed by atoms with Crippen LogP contribution < -0.4 is 5.32 Å². The number of likely N-dealkylation sites (N-methyl/N-ethyl adjacent to an activating group) is 1. The van der Waals surface area contributed by atoms with Crippen molar-refractivity contribution >= 4 is 50.6 Å².